The highest BCUT2D eigenvalue weighted by Gasteiger charge is 2.28. The highest BCUT2D eigenvalue weighted by atomic mass is 79.9. The Balaban J connectivity index is 2.46. The summed E-state index contributed by atoms with van der Waals surface area (Å²) < 4.78 is 2.53. The van der Waals surface area contributed by atoms with Crippen LogP contribution < -0.4 is 5.32 Å². The van der Waals surface area contributed by atoms with E-state index in [0.29, 0.717) is 18.2 Å². The summed E-state index contributed by atoms with van der Waals surface area (Å²) in [6, 6.07) is 2.01. The van der Waals surface area contributed by atoms with E-state index < -0.39 is 0 Å². The maximum absolute atomic E-state index is 11.5. The van der Waals surface area contributed by atoms with Crippen molar-refractivity contribution in [1.29, 1.82) is 0 Å². The molecule has 0 fully saturated rings. The van der Waals surface area contributed by atoms with Crippen molar-refractivity contribution in [3.63, 3.8) is 0 Å². The molecule has 0 saturated heterocycles. The van der Waals surface area contributed by atoms with E-state index in [-0.39, 0.29) is 11.9 Å². The van der Waals surface area contributed by atoms with Crippen LogP contribution in [0.25, 0.3) is 0 Å². The van der Waals surface area contributed by atoms with Crippen molar-refractivity contribution < 1.29 is 4.79 Å². The summed E-state index contributed by atoms with van der Waals surface area (Å²) in [7, 11) is 0. The standard InChI is InChI=1S/C9H12BrN3O/c1-5(2)7-4-11-9(14)6-3-8(10)12-13(6)7/h3,5,7H,4H2,1-2H3,(H,11,14)/t7-/m1/s1. The van der Waals surface area contributed by atoms with Gasteiger partial charge in [0.15, 0.2) is 0 Å². The molecule has 0 bridgehead atoms. The van der Waals surface area contributed by atoms with Gasteiger partial charge in [-0.25, -0.2) is 0 Å². The molecule has 14 heavy (non-hydrogen) atoms. The summed E-state index contributed by atoms with van der Waals surface area (Å²) in [5.41, 5.74) is 0.641. The van der Waals surface area contributed by atoms with Crippen LogP contribution in [-0.2, 0) is 0 Å². The average molecular weight is 258 g/mol. The maximum atomic E-state index is 11.5. The van der Waals surface area contributed by atoms with Gasteiger partial charge >= 0.3 is 0 Å². The van der Waals surface area contributed by atoms with Crippen LogP contribution in [0.3, 0.4) is 0 Å². The van der Waals surface area contributed by atoms with E-state index >= 15 is 0 Å². The van der Waals surface area contributed by atoms with Crippen LogP contribution in [0.5, 0.6) is 0 Å². The third-order valence-corrected chi connectivity index (χ3v) is 2.88. The number of rotatable bonds is 1. The lowest BCUT2D eigenvalue weighted by Gasteiger charge is -2.27. The molecule has 1 atom stereocenters. The predicted molar refractivity (Wildman–Crippen MR) is 56.1 cm³/mol. The van der Waals surface area contributed by atoms with Crippen molar-refractivity contribution in [2.24, 2.45) is 5.92 Å². The number of fused-ring (bicyclic) bond motifs is 1. The minimum Gasteiger partial charge on any atom is -0.349 e. The molecule has 0 radical (unpaired) electrons. The molecular weight excluding hydrogens is 246 g/mol. The van der Waals surface area contributed by atoms with Crippen LogP contribution >= 0.6 is 15.9 Å². The first-order valence-corrected chi connectivity index (χ1v) is 5.42. The Kier molecular flexibility index (Phi) is 2.34. The van der Waals surface area contributed by atoms with Crippen molar-refractivity contribution in [2.75, 3.05) is 6.54 Å². The van der Waals surface area contributed by atoms with Gasteiger partial charge in [0.2, 0.25) is 0 Å². The second-order valence-corrected chi connectivity index (χ2v) is 4.63. The molecule has 0 unspecified atom stereocenters. The van der Waals surface area contributed by atoms with Gasteiger partial charge in [0, 0.05) is 12.6 Å². The van der Waals surface area contributed by atoms with Crippen molar-refractivity contribution in [3.8, 4) is 0 Å². The van der Waals surface area contributed by atoms with Gasteiger partial charge < -0.3 is 5.32 Å². The van der Waals surface area contributed by atoms with E-state index in [1.165, 1.54) is 0 Å². The smallest absolute Gasteiger partial charge is 0.269 e. The van der Waals surface area contributed by atoms with Gasteiger partial charge in [-0.15, -0.1) is 0 Å². The largest absolute Gasteiger partial charge is 0.349 e. The fraction of sp³-hybridized carbons (Fsp3) is 0.556. The molecule has 0 aromatic carbocycles. The number of nitrogens with one attached hydrogen (secondary N) is 1. The number of aromatic nitrogens is 2. The molecular formula is C9H12BrN3O. The fourth-order valence-electron chi connectivity index (χ4n) is 1.68. The Morgan fingerprint density at radius 3 is 3.07 bits per heavy atom. The summed E-state index contributed by atoms with van der Waals surface area (Å²) in [5, 5.41) is 7.14. The zero-order valence-electron chi connectivity index (χ0n) is 8.12. The molecule has 5 heteroatoms. The third kappa shape index (κ3) is 1.45. The molecule has 0 spiro atoms. The predicted octanol–water partition coefficient (Wildman–Crippen LogP) is 1.59. The highest BCUT2D eigenvalue weighted by molar-refractivity contribution is 9.10. The molecule has 1 N–H and O–H groups in total. The second-order valence-electron chi connectivity index (χ2n) is 3.82. The minimum atomic E-state index is -0.0416. The van der Waals surface area contributed by atoms with E-state index in [2.05, 4.69) is 40.2 Å². The van der Waals surface area contributed by atoms with Crippen LogP contribution in [0.15, 0.2) is 10.7 Å². The first-order chi connectivity index (χ1) is 6.59. The molecule has 0 aliphatic carbocycles. The first kappa shape index (κ1) is 9.71. The van der Waals surface area contributed by atoms with Crippen LogP contribution in [0.2, 0.25) is 0 Å². The zero-order valence-corrected chi connectivity index (χ0v) is 9.71. The summed E-state index contributed by atoms with van der Waals surface area (Å²) in [6.45, 7) is 4.92. The summed E-state index contributed by atoms with van der Waals surface area (Å²) >= 11 is 3.28. The summed E-state index contributed by atoms with van der Waals surface area (Å²) in [4.78, 5) is 11.5. The third-order valence-electron chi connectivity index (χ3n) is 2.49. The molecule has 2 rings (SSSR count). The molecule has 2 heterocycles. The van der Waals surface area contributed by atoms with Crippen LogP contribution in [0.1, 0.15) is 30.4 Å². The maximum Gasteiger partial charge on any atom is 0.269 e. The Labute approximate surface area is 90.8 Å². The Morgan fingerprint density at radius 1 is 1.71 bits per heavy atom. The van der Waals surface area contributed by atoms with Crippen molar-refractivity contribution in [3.05, 3.63) is 16.4 Å². The number of amides is 1. The summed E-state index contributed by atoms with van der Waals surface area (Å²) in [6.07, 6.45) is 0. The average Bonchev–Trinajstić information content (AvgIpc) is 2.47. The lowest BCUT2D eigenvalue weighted by molar-refractivity contribution is 0.0897. The number of carbonyl (C=O) groups excluding carboxylic acids is 1. The lowest BCUT2D eigenvalue weighted by Crippen LogP contribution is -2.41. The molecule has 0 saturated carbocycles. The Bertz CT molecular complexity index is 372. The van der Waals surface area contributed by atoms with Crippen molar-refractivity contribution >= 4 is 21.8 Å². The van der Waals surface area contributed by atoms with Gasteiger partial charge in [-0.3, -0.25) is 9.48 Å². The zero-order chi connectivity index (χ0) is 10.3. The van der Waals surface area contributed by atoms with Crippen LogP contribution in [0, 0.1) is 5.92 Å². The quantitative estimate of drug-likeness (QED) is 0.831. The van der Waals surface area contributed by atoms with E-state index in [1.807, 2.05) is 4.68 Å². The monoisotopic (exact) mass is 257 g/mol. The first-order valence-electron chi connectivity index (χ1n) is 4.63. The van der Waals surface area contributed by atoms with Crippen LogP contribution in [0.4, 0.5) is 0 Å². The molecule has 1 aliphatic rings. The van der Waals surface area contributed by atoms with Gasteiger partial charge in [-0.05, 0) is 21.8 Å². The number of halogens is 1. The SMILES string of the molecule is CC(C)[C@H]1CNC(=O)c2cc(Br)nn21. The number of hydrogen-bond donors (Lipinski definition) is 1. The van der Waals surface area contributed by atoms with E-state index in [1.54, 1.807) is 6.07 Å². The fourth-order valence-corrected chi connectivity index (χ4v) is 2.07. The Morgan fingerprint density at radius 2 is 2.43 bits per heavy atom. The topological polar surface area (TPSA) is 46.9 Å². The van der Waals surface area contributed by atoms with Crippen molar-refractivity contribution in [1.82, 2.24) is 15.1 Å². The molecule has 1 aliphatic heterocycles. The normalized spacial score (nSPS) is 20.9. The molecule has 1 amide bonds. The van der Waals surface area contributed by atoms with Crippen LogP contribution in [-0.4, -0.2) is 22.2 Å². The van der Waals surface area contributed by atoms with Gasteiger partial charge in [0.1, 0.15) is 10.3 Å². The van der Waals surface area contributed by atoms with Gasteiger partial charge in [0.25, 0.3) is 5.91 Å². The number of nitrogens with zero attached hydrogens (tertiary/aromatic N) is 2. The molecule has 1 aromatic rings. The van der Waals surface area contributed by atoms with Gasteiger partial charge in [-0.1, -0.05) is 13.8 Å². The summed E-state index contributed by atoms with van der Waals surface area (Å²) in [5.74, 6) is 0.418. The second kappa shape index (κ2) is 3.38. The number of hydrogen-bond acceptors (Lipinski definition) is 2. The molecule has 76 valence electrons. The molecule has 1 aromatic heterocycles. The number of carbonyl (C=O) groups is 1. The lowest BCUT2D eigenvalue weighted by atomic mass is 10.0. The van der Waals surface area contributed by atoms with E-state index in [4.69, 9.17) is 0 Å². The van der Waals surface area contributed by atoms with Crippen molar-refractivity contribution in [2.45, 2.75) is 19.9 Å². The molecule has 4 nitrogen and oxygen atoms in total. The minimum absolute atomic E-state index is 0.0416. The van der Waals surface area contributed by atoms with Gasteiger partial charge in [-0.2, -0.15) is 5.10 Å². The van der Waals surface area contributed by atoms with E-state index in [9.17, 15) is 4.79 Å². The van der Waals surface area contributed by atoms with E-state index in [0.717, 1.165) is 4.60 Å². The highest BCUT2D eigenvalue weighted by Crippen LogP contribution is 2.24. The Hall–Kier alpha value is -0.840. The van der Waals surface area contributed by atoms with Gasteiger partial charge in [0.05, 0.1) is 6.04 Å².